The van der Waals surface area contributed by atoms with E-state index in [4.69, 9.17) is 4.74 Å². The maximum atomic E-state index is 13.0. The van der Waals surface area contributed by atoms with E-state index in [2.05, 4.69) is 10.2 Å². The first-order valence-corrected chi connectivity index (χ1v) is 8.90. The van der Waals surface area contributed by atoms with E-state index in [1.165, 1.54) is 7.11 Å². The van der Waals surface area contributed by atoms with Gasteiger partial charge in [0.25, 0.3) is 5.91 Å². The van der Waals surface area contributed by atoms with Gasteiger partial charge >= 0.3 is 5.97 Å². The number of nitrogens with one attached hydrogen (secondary N) is 1. The quantitative estimate of drug-likeness (QED) is 0.794. The number of esters is 1. The van der Waals surface area contributed by atoms with Crippen molar-refractivity contribution in [1.82, 2.24) is 10.2 Å². The van der Waals surface area contributed by atoms with Gasteiger partial charge in [0.05, 0.1) is 7.11 Å². The highest BCUT2D eigenvalue weighted by atomic mass is 16.5. The largest absolute Gasteiger partial charge is 0.467 e. The minimum atomic E-state index is -1.11. The number of methoxy groups -OCH3 is 1. The topological polar surface area (TPSA) is 58.6 Å². The monoisotopic (exact) mass is 368 g/mol. The van der Waals surface area contributed by atoms with Crippen molar-refractivity contribution >= 4 is 11.9 Å². The molecule has 5 heteroatoms. The summed E-state index contributed by atoms with van der Waals surface area (Å²) in [4.78, 5) is 27.0. The van der Waals surface area contributed by atoms with E-state index in [-0.39, 0.29) is 5.91 Å². The smallest absolute Gasteiger partial charge is 0.330 e. The van der Waals surface area contributed by atoms with Gasteiger partial charge in [-0.2, -0.15) is 0 Å². The van der Waals surface area contributed by atoms with Crippen LogP contribution in [0.2, 0.25) is 0 Å². The Bertz CT molecular complexity index is 841. The fourth-order valence-electron chi connectivity index (χ4n) is 3.01. The Labute approximate surface area is 161 Å². The number of hydrogen-bond acceptors (Lipinski definition) is 4. The number of amides is 1. The van der Waals surface area contributed by atoms with Crippen LogP contribution in [0.15, 0.2) is 42.5 Å². The zero-order valence-corrected chi connectivity index (χ0v) is 16.9. The van der Waals surface area contributed by atoms with Gasteiger partial charge in [-0.1, -0.05) is 30.3 Å². The molecule has 0 spiro atoms. The molecule has 0 saturated carbocycles. The van der Waals surface area contributed by atoms with Crippen molar-refractivity contribution in [3.8, 4) is 11.1 Å². The van der Waals surface area contributed by atoms with Gasteiger partial charge in [-0.3, -0.25) is 4.79 Å². The number of hydrogen-bond donors (Lipinski definition) is 1. The molecular formula is C22H28N2O3. The molecule has 0 heterocycles. The summed E-state index contributed by atoms with van der Waals surface area (Å²) >= 11 is 0. The number of ether oxygens (including phenoxy) is 1. The minimum absolute atomic E-state index is 0.306. The van der Waals surface area contributed by atoms with E-state index in [0.717, 1.165) is 28.8 Å². The summed E-state index contributed by atoms with van der Waals surface area (Å²) in [7, 11) is 5.32. The maximum absolute atomic E-state index is 13.0. The molecule has 0 saturated heterocycles. The van der Waals surface area contributed by atoms with Crippen LogP contribution in [0, 0.1) is 6.92 Å². The lowest BCUT2D eigenvalue weighted by Crippen LogP contribution is -2.50. The fourth-order valence-corrected chi connectivity index (χ4v) is 3.01. The van der Waals surface area contributed by atoms with Gasteiger partial charge in [-0.25, -0.2) is 4.79 Å². The standard InChI is InChI=1S/C22H28N2O3/c1-15-9-7-8-10-17(15)19-13-16(14-24(4)5)11-12-18(19)20(25)23-22(2,3)21(26)27-6/h7-13H,14H2,1-6H3,(H,23,25). The van der Waals surface area contributed by atoms with Crippen molar-refractivity contribution in [1.29, 1.82) is 0 Å². The zero-order chi connectivity index (χ0) is 20.2. The zero-order valence-electron chi connectivity index (χ0n) is 16.9. The number of benzene rings is 2. The molecule has 0 aliphatic rings. The Morgan fingerprint density at radius 3 is 2.33 bits per heavy atom. The molecule has 0 unspecified atom stereocenters. The van der Waals surface area contributed by atoms with Crippen LogP contribution < -0.4 is 5.32 Å². The van der Waals surface area contributed by atoms with Crippen molar-refractivity contribution in [2.24, 2.45) is 0 Å². The average molecular weight is 368 g/mol. The van der Waals surface area contributed by atoms with Crippen molar-refractivity contribution in [2.45, 2.75) is 32.9 Å². The summed E-state index contributed by atoms with van der Waals surface area (Å²) in [5.74, 6) is -0.794. The van der Waals surface area contributed by atoms with Crippen molar-refractivity contribution in [2.75, 3.05) is 21.2 Å². The second kappa shape index (κ2) is 8.35. The number of aryl methyl sites for hydroxylation is 1. The molecule has 0 atom stereocenters. The second-order valence-electron chi connectivity index (χ2n) is 7.50. The van der Waals surface area contributed by atoms with Crippen molar-refractivity contribution < 1.29 is 14.3 Å². The predicted octanol–water partition coefficient (Wildman–Crippen LogP) is 3.41. The van der Waals surface area contributed by atoms with Crippen molar-refractivity contribution in [3.05, 3.63) is 59.2 Å². The molecule has 2 aromatic carbocycles. The van der Waals surface area contributed by atoms with Gasteiger partial charge in [-0.05, 0) is 69.3 Å². The Hall–Kier alpha value is -2.66. The highest BCUT2D eigenvalue weighted by Crippen LogP contribution is 2.29. The van der Waals surface area contributed by atoms with Crippen LogP contribution in [0.1, 0.15) is 35.3 Å². The number of carbonyl (C=O) groups is 2. The average Bonchev–Trinajstić information content (AvgIpc) is 2.60. The van der Waals surface area contributed by atoms with E-state index in [0.29, 0.717) is 5.56 Å². The normalized spacial score (nSPS) is 11.4. The number of rotatable bonds is 6. The molecular weight excluding hydrogens is 340 g/mol. The first-order valence-electron chi connectivity index (χ1n) is 8.90. The van der Waals surface area contributed by atoms with Crippen LogP contribution in [-0.4, -0.2) is 43.5 Å². The Balaban J connectivity index is 2.51. The summed E-state index contributed by atoms with van der Waals surface area (Å²) in [5.41, 5.74) is 3.47. The second-order valence-corrected chi connectivity index (χ2v) is 7.50. The van der Waals surface area contributed by atoms with Gasteiger partial charge in [0.1, 0.15) is 5.54 Å². The fraction of sp³-hybridized carbons (Fsp3) is 0.364. The minimum Gasteiger partial charge on any atom is -0.467 e. The first kappa shape index (κ1) is 20.6. The molecule has 27 heavy (non-hydrogen) atoms. The maximum Gasteiger partial charge on any atom is 0.330 e. The molecule has 0 bridgehead atoms. The SMILES string of the molecule is COC(=O)C(C)(C)NC(=O)c1ccc(CN(C)C)cc1-c1ccccc1C. The molecule has 5 nitrogen and oxygen atoms in total. The highest BCUT2D eigenvalue weighted by Gasteiger charge is 2.31. The van der Waals surface area contributed by atoms with Gasteiger partial charge in [0.2, 0.25) is 0 Å². The van der Waals surface area contributed by atoms with Crippen LogP contribution in [0.3, 0.4) is 0 Å². The third-order valence-electron chi connectivity index (χ3n) is 4.38. The molecule has 0 fully saturated rings. The Kier molecular flexibility index (Phi) is 6.39. The molecule has 0 radical (unpaired) electrons. The summed E-state index contributed by atoms with van der Waals surface area (Å²) in [6, 6.07) is 13.8. The lowest BCUT2D eigenvalue weighted by atomic mass is 9.93. The number of carbonyl (C=O) groups excluding carboxylic acids is 2. The predicted molar refractivity (Wildman–Crippen MR) is 108 cm³/mol. The van der Waals surface area contributed by atoms with Crippen LogP contribution in [-0.2, 0) is 16.1 Å². The lowest BCUT2D eigenvalue weighted by molar-refractivity contribution is -0.146. The van der Waals surface area contributed by atoms with E-state index >= 15 is 0 Å². The molecule has 1 N–H and O–H groups in total. The van der Waals surface area contributed by atoms with Crippen molar-refractivity contribution in [3.63, 3.8) is 0 Å². The van der Waals surface area contributed by atoms with Crippen LogP contribution in [0.4, 0.5) is 0 Å². The van der Waals surface area contributed by atoms with E-state index in [1.54, 1.807) is 13.8 Å². The highest BCUT2D eigenvalue weighted by molar-refractivity contribution is 6.03. The van der Waals surface area contributed by atoms with Gasteiger partial charge in [0.15, 0.2) is 0 Å². The summed E-state index contributed by atoms with van der Waals surface area (Å²) < 4.78 is 4.79. The van der Waals surface area contributed by atoms with Gasteiger partial charge in [-0.15, -0.1) is 0 Å². The number of nitrogens with zero attached hydrogens (tertiary/aromatic N) is 1. The molecule has 2 aromatic rings. The van der Waals surface area contributed by atoms with Crippen LogP contribution in [0.25, 0.3) is 11.1 Å². The van der Waals surface area contributed by atoms with Crippen LogP contribution >= 0.6 is 0 Å². The lowest BCUT2D eigenvalue weighted by Gasteiger charge is -2.24. The van der Waals surface area contributed by atoms with Crippen LogP contribution in [0.5, 0.6) is 0 Å². The molecule has 0 aliphatic heterocycles. The molecule has 0 aromatic heterocycles. The summed E-state index contributed by atoms with van der Waals surface area (Å²) in [5, 5.41) is 2.79. The molecule has 2 rings (SSSR count). The van der Waals surface area contributed by atoms with Gasteiger partial charge < -0.3 is 15.0 Å². The molecule has 1 amide bonds. The Morgan fingerprint density at radius 2 is 1.74 bits per heavy atom. The summed E-state index contributed by atoms with van der Waals surface area (Å²) in [6.45, 7) is 6.05. The third-order valence-corrected chi connectivity index (χ3v) is 4.38. The van der Waals surface area contributed by atoms with E-state index in [9.17, 15) is 9.59 Å². The molecule has 0 aliphatic carbocycles. The molecule has 144 valence electrons. The summed E-state index contributed by atoms with van der Waals surface area (Å²) in [6.07, 6.45) is 0. The third kappa shape index (κ3) is 4.95. The van der Waals surface area contributed by atoms with E-state index in [1.807, 2.05) is 63.5 Å². The Morgan fingerprint density at radius 1 is 1.07 bits per heavy atom. The van der Waals surface area contributed by atoms with E-state index < -0.39 is 11.5 Å². The van der Waals surface area contributed by atoms with Gasteiger partial charge in [0, 0.05) is 12.1 Å². The first-order chi connectivity index (χ1) is 12.7.